The largest absolute Gasteiger partial charge is 0.423 e. The number of halogens is 1. The van der Waals surface area contributed by atoms with Crippen LogP contribution in [0, 0.1) is 3.57 Å². The highest BCUT2D eigenvalue weighted by Gasteiger charge is 2.10. The van der Waals surface area contributed by atoms with Crippen molar-refractivity contribution >= 4 is 28.6 Å². The Morgan fingerprint density at radius 2 is 2.06 bits per heavy atom. The van der Waals surface area contributed by atoms with Crippen LogP contribution in [0.4, 0.5) is 0 Å². The SMILES string of the molecule is Cn1cc(C(=O)Oc2ccc(I)cc2)cn1. The highest BCUT2D eigenvalue weighted by atomic mass is 127. The van der Waals surface area contributed by atoms with Crippen molar-refractivity contribution < 1.29 is 9.53 Å². The first-order valence-electron chi connectivity index (χ1n) is 4.61. The molecule has 2 aromatic rings. The van der Waals surface area contributed by atoms with Gasteiger partial charge in [-0.2, -0.15) is 5.10 Å². The molecule has 1 heterocycles. The van der Waals surface area contributed by atoms with E-state index in [1.807, 2.05) is 12.1 Å². The summed E-state index contributed by atoms with van der Waals surface area (Å²) in [6.45, 7) is 0. The van der Waals surface area contributed by atoms with Crippen molar-refractivity contribution in [2.45, 2.75) is 0 Å². The Bertz CT molecular complexity index is 505. The normalized spacial score (nSPS) is 10.1. The lowest BCUT2D eigenvalue weighted by atomic mass is 10.3. The van der Waals surface area contributed by atoms with E-state index < -0.39 is 5.97 Å². The van der Waals surface area contributed by atoms with Gasteiger partial charge in [0.2, 0.25) is 0 Å². The summed E-state index contributed by atoms with van der Waals surface area (Å²) in [5.41, 5.74) is 0.445. The summed E-state index contributed by atoms with van der Waals surface area (Å²) in [7, 11) is 1.75. The monoisotopic (exact) mass is 328 g/mol. The molecule has 1 aromatic heterocycles. The molecular formula is C11H9IN2O2. The van der Waals surface area contributed by atoms with E-state index in [0.717, 1.165) is 3.57 Å². The van der Waals surface area contributed by atoms with Gasteiger partial charge in [0.05, 0.1) is 11.8 Å². The Morgan fingerprint density at radius 1 is 1.38 bits per heavy atom. The van der Waals surface area contributed by atoms with Crippen LogP contribution in [-0.2, 0) is 7.05 Å². The molecule has 4 nitrogen and oxygen atoms in total. The van der Waals surface area contributed by atoms with E-state index in [9.17, 15) is 4.79 Å². The maximum atomic E-state index is 11.6. The maximum Gasteiger partial charge on any atom is 0.346 e. The van der Waals surface area contributed by atoms with Crippen LogP contribution in [0.3, 0.4) is 0 Å². The van der Waals surface area contributed by atoms with Gasteiger partial charge in [0, 0.05) is 16.8 Å². The molecule has 0 fully saturated rings. The van der Waals surface area contributed by atoms with Crippen molar-refractivity contribution in [3.63, 3.8) is 0 Å². The van der Waals surface area contributed by atoms with E-state index in [2.05, 4.69) is 27.7 Å². The number of carbonyl (C=O) groups is 1. The maximum absolute atomic E-state index is 11.6. The molecule has 0 amide bonds. The Balaban J connectivity index is 2.10. The molecule has 1 aromatic carbocycles. The first-order valence-corrected chi connectivity index (χ1v) is 5.69. The third-order valence-corrected chi connectivity index (χ3v) is 2.68. The Kier molecular flexibility index (Phi) is 3.23. The second-order valence-electron chi connectivity index (χ2n) is 3.25. The molecule has 82 valence electrons. The molecule has 0 bridgehead atoms. The van der Waals surface area contributed by atoms with Gasteiger partial charge in [-0.25, -0.2) is 4.79 Å². The number of hydrogen-bond donors (Lipinski definition) is 0. The van der Waals surface area contributed by atoms with E-state index >= 15 is 0 Å². The Labute approximate surface area is 106 Å². The van der Waals surface area contributed by atoms with Crippen LogP contribution in [0.25, 0.3) is 0 Å². The quantitative estimate of drug-likeness (QED) is 0.482. The van der Waals surface area contributed by atoms with E-state index in [0.29, 0.717) is 11.3 Å². The van der Waals surface area contributed by atoms with Gasteiger partial charge >= 0.3 is 5.97 Å². The second-order valence-corrected chi connectivity index (χ2v) is 4.49. The molecule has 0 saturated carbocycles. The predicted molar refractivity (Wildman–Crippen MR) is 67.3 cm³/mol. The number of ether oxygens (including phenoxy) is 1. The second kappa shape index (κ2) is 4.65. The molecule has 0 N–H and O–H groups in total. The first kappa shape index (κ1) is 11.1. The number of aromatic nitrogens is 2. The van der Waals surface area contributed by atoms with E-state index in [1.165, 1.54) is 6.20 Å². The van der Waals surface area contributed by atoms with Gasteiger partial charge in [-0.3, -0.25) is 4.68 Å². The fraction of sp³-hybridized carbons (Fsp3) is 0.0909. The zero-order valence-electron chi connectivity index (χ0n) is 8.55. The minimum absolute atomic E-state index is 0.394. The molecule has 0 spiro atoms. The third-order valence-electron chi connectivity index (χ3n) is 1.96. The number of aryl methyl sites for hydroxylation is 1. The van der Waals surface area contributed by atoms with Crippen LogP contribution in [0.5, 0.6) is 5.75 Å². The average molecular weight is 328 g/mol. The molecule has 5 heteroatoms. The molecule has 0 aliphatic heterocycles. The highest BCUT2D eigenvalue weighted by molar-refractivity contribution is 14.1. The summed E-state index contributed by atoms with van der Waals surface area (Å²) in [4.78, 5) is 11.6. The van der Waals surface area contributed by atoms with Gasteiger partial charge < -0.3 is 4.74 Å². The Hall–Kier alpha value is -1.37. The van der Waals surface area contributed by atoms with Crippen LogP contribution < -0.4 is 4.74 Å². The molecule has 0 radical (unpaired) electrons. The van der Waals surface area contributed by atoms with Crippen molar-refractivity contribution in [2.75, 3.05) is 0 Å². The van der Waals surface area contributed by atoms with Crippen molar-refractivity contribution in [3.8, 4) is 5.75 Å². The van der Waals surface area contributed by atoms with Gasteiger partial charge in [0.25, 0.3) is 0 Å². The van der Waals surface area contributed by atoms with Crippen LogP contribution in [-0.4, -0.2) is 15.7 Å². The lowest BCUT2D eigenvalue weighted by Gasteiger charge is -2.01. The topological polar surface area (TPSA) is 44.1 Å². The average Bonchev–Trinajstić information content (AvgIpc) is 2.68. The molecule has 0 aliphatic rings. The van der Waals surface area contributed by atoms with Gasteiger partial charge in [0.15, 0.2) is 0 Å². The molecular weight excluding hydrogens is 319 g/mol. The molecule has 0 saturated heterocycles. The van der Waals surface area contributed by atoms with Gasteiger partial charge in [-0.15, -0.1) is 0 Å². The lowest BCUT2D eigenvalue weighted by Crippen LogP contribution is -2.07. The number of hydrogen-bond acceptors (Lipinski definition) is 3. The summed E-state index contributed by atoms with van der Waals surface area (Å²) in [5, 5.41) is 3.91. The zero-order valence-corrected chi connectivity index (χ0v) is 10.7. The van der Waals surface area contributed by atoms with Gasteiger partial charge in [-0.1, -0.05) is 0 Å². The van der Waals surface area contributed by atoms with Crippen molar-refractivity contribution in [1.82, 2.24) is 9.78 Å². The number of nitrogens with zero attached hydrogens (tertiary/aromatic N) is 2. The highest BCUT2D eigenvalue weighted by Crippen LogP contribution is 2.15. The smallest absolute Gasteiger partial charge is 0.346 e. The van der Waals surface area contributed by atoms with Crippen molar-refractivity contribution in [2.24, 2.45) is 7.05 Å². The summed E-state index contributed by atoms with van der Waals surface area (Å²) < 4.78 is 7.83. The molecule has 2 rings (SSSR count). The predicted octanol–water partition coefficient (Wildman–Crippen LogP) is 2.24. The van der Waals surface area contributed by atoms with Crippen LogP contribution in [0.15, 0.2) is 36.7 Å². The molecule has 0 unspecified atom stereocenters. The summed E-state index contributed by atoms with van der Waals surface area (Å²) >= 11 is 2.19. The molecule has 16 heavy (non-hydrogen) atoms. The third kappa shape index (κ3) is 2.60. The van der Waals surface area contributed by atoms with E-state index in [1.54, 1.807) is 30.1 Å². The van der Waals surface area contributed by atoms with Crippen LogP contribution in [0.1, 0.15) is 10.4 Å². The number of benzene rings is 1. The number of rotatable bonds is 2. The van der Waals surface area contributed by atoms with E-state index in [4.69, 9.17) is 4.74 Å². The Morgan fingerprint density at radius 3 is 2.62 bits per heavy atom. The summed E-state index contributed by atoms with van der Waals surface area (Å²) in [6.07, 6.45) is 3.10. The molecule has 0 atom stereocenters. The zero-order chi connectivity index (χ0) is 11.5. The minimum atomic E-state index is -0.394. The lowest BCUT2D eigenvalue weighted by molar-refractivity contribution is 0.0734. The van der Waals surface area contributed by atoms with E-state index in [-0.39, 0.29) is 0 Å². The standard InChI is InChI=1S/C11H9IN2O2/c1-14-7-8(6-13-14)11(15)16-10-4-2-9(12)3-5-10/h2-7H,1H3. The van der Waals surface area contributed by atoms with Crippen LogP contribution >= 0.6 is 22.6 Å². The van der Waals surface area contributed by atoms with Crippen LogP contribution in [0.2, 0.25) is 0 Å². The summed E-state index contributed by atoms with van der Waals surface area (Å²) in [6, 6.07) is 7.28. The fourth-order valence-electron chi connectivity index (χ4n) is 1.20. The summed E-state index contributed by atoms with van der Waals surface area (Å²) in [5.74, 6) is 0.142. The van der Waals surface area contributed by atoms with Crippen molar-refractivity contribution in [1.29, 1.82) is 0 Å². The number of esters is 1. The van der Waals surface area contributed by atoms with Gasteiger partial charge in [0.1, 0.15) is 5.75 Å². The minimum Gasteiger partial charge on any atom is -0.423 e. The first-order chi connectivity index (χ1) is 7.65. The van der Waals surface area contributed by atoms with Gasteiger partial charge in [-0.05, 0) is 46.9 Å². The fourth-order valence-corrected chi connectivity index (χ4v) is 1.55. The number of carbonyl (C=O) groups excluding carboxylic acids is 1. The molecule has 0 aliphatic carbocycles. The van der Waals surface area contributed by atoms with Crippen molar-refractivity contribution in [3.05, 3.63) is 45.8 Å².